The molecule has 1 saturated carbocycles. The van der Waals surface area contributed by atoms with Crippen molar-refractivity contribution in [3.8, 4) is 0 Å². The molecule has 0 radical (unpaired) electrons. The highest BCUT2D eigenvalue weighted by molar-refractivity contribution is 5.08. The molecule has 0 aromatic rings. The summed E-state index contributed by atoms with van der Waals surface area (Å²) in [5.74, 6) is 3.02. The van der Waals surface area contributed by atoms with Crippen molar-refractivity contribution in [2.75, 3.05) is 13.2 Å². The first-order valence-corrected chi connectivity index (χ1v) is 8.41. The molecule has 19 heavy (non-hydrogen) atoms. The number of nitrogens with one attached hydrogen (secondary N) is 1. The Morgan fingerprint density at radius 3 is 2.63 bits per heavy atom. The molecule has 2 aliphatic rings. The molecule has 1 fully saturated rings. The van der Waals surface area contributed by atoms with E-state index in [2.05, 4.69) is 25.2 Å². The van der Waals surface area contributed by atoms with Crippen LogP contribution in [0.1, 0.15) is 65.2 Å². The maximum atomic E-state index is 5.94. The molecule has 2 rings (SSSR count). The van der Waals surface area contributed by atoms with Crippen LogP contribution >= 0.6 is 0 Å². The van der Waals surface area contributed by atoms with Crippen molar-refractivity contribution < 1.29 is 4.74 Å². The molecular weight excluding hydrogens is 234 g/mol. The Balaban J connectivity index is 1.95. The van der Waals surface area contributed by atoms with E-state index < -0.39 is 0 Å². The second kappa shape index (κ2) is 7.94. The van der Waals surface area contributed by atoms with E-state index in [1.165, 1.54) is 57.1 Å². The Labute approximate surface area is 119 Å². The lowest BCUT2D eigenvalue weighted by Gasteiger charge is -2.36. The number of allylic oxidation sites excluding steroid dienone is 1. The molecule has 1 heterocycles. The van der Waals surface area contributed by atoms with Gasteiger partial charge in [0.25, 0.3) is 0 Å². The zero-order valence-electron chi connectivity index (χ0n) is 12.8. The van der Waals surface area contributed by atoms with Crippen LogP contribution in [0.5, 0.6) is 0 Å². The quantitative estimate of drug-likeness (QED) is 0.774. The van der Waals surface area contributed by atoms with Crippen molar-refractivity contribution in [1.29, 1.82) is 0 Å². The van der Waals surface area contributed by atoms with Crippen molar-refractivity contribution in [1.82, 2.24) is 5.32 Å². The normalized spacial score (nSPS) is 29.5. The summed E-state index contributed by atoms with van der Waals surface area (Å²) in [6.45, 7) is 6.61. The maximum Gasteiger partial charge on any atom is 0.109 e. The number of hydrogen-bond donors (Lipinski definition) is 1. The van der Waals surface area contributed by atoms with Gasteiger partial charge >= 0.3 is 0 Å². The van der Waals surface area contributed by atoms with Crippen LogP contribution in [0, 0.1) is 11.8 Å². The molecule has 2 nitrogen and oxygen atoms in total. The monoisotopic (exact) mass is 265 g/mol. The summed E-state index contributed by atoms with van der Waals surface area (Å²) in [5.41, 5.74) is 0. The first kappa shape index (κ1) is 14.9. The molecule has 1 N–H and O–H groups in total. The highest BCUT2D eigenvalue weighted by Gasteiger charge is 2.30. The Morgan fingerprint density at radius 2 is 2.05 bits per heavy atom. The Kier molecular flexibility index (Phi) is 6.22. The van der Waals surface area contributed by atoms with Gasteiger partial charge in [-0.05, 0) is 56.6 Å². The van der Waals surface area contributed by atoms with Crippen molar-refractivity contribution in [3.05, 3.63) is 11.8 Å². The highest BCUT2D eigenvalue weighted by atomic mass is 16.5. The summed E-state index contributed by atoms with van der Waals surface area (Å²) >= 11 is 0. The Morgan fingerprint density at radius 1 is 1.26 bits per heavy atom. The summed E-state index contributed by atoms with van der Waals surface area (Å²) in [5, 5.41) is 3.75. The van der Waals surface area contributed by atoms with Crippen LogP contribution in [0.15, 0.2) is 11.8 Å². The average molecular weight is 265 g/mol. The summed E-state index contributed by atoms with van der Waals surface area (Å²) in [7, 11) is 0. The molecule has 0 amide bonds. The average Bonchev–Trinajstić information content (AvgIpc) is 2.49. The highest BCUT2D eigenvalue weighted by Crippen LogP contribution is 2.35. The molecule has 0 aromatic carbocycles. The second-order valence-corrected chi connectivity index (χ2v) is 6.22. The SMILES string of the molecule is CCCNC(C1=CCCCO1)C1CCC(CC)CC1. The van der Waals surface area contributed by atoms with Crippen molar-refractivity contribution in [2.45, 2.75) is 71.3 Å². The zero-order chi connectivity index (χ0) is 13.5. The zero-order valence-corrected chi connectivity index (χ0v) is 12.8. The molecule has 0 aromatic heterocycles. The van der Waals surface area contributed by atoms with Gasteiger partial charge in [-0.25, -0.2) is 0 Å². The van der Waals surface area contributed by atoms with Crippen LogP contribution in [0.3, 0.4) is 0 Å². The largest absolute Gasteiger partial charge is 0.497 e. The predicted molar refractivity (Wildman–Crippen MR) is 81.1 cm³/mol. The maximum absolute atomic E-state index is 5.94. The fourth-order valence-electron chi connectivity index (χ4n) is 3.52. The lowest BCUT2D eigenvalue weighted by molar-refractivity contribution is 0.131. The van der Waals surface area contributed by atoms with E-state index in [9.17, 15) is 0 Å². The number of ether oxygens (including phenoxy) is 1. The molecule has 110 valence electrons. The predicted octanol–water partition coefficient (Wildman–Crippen LogP) is 4.27. The van der Waals surface area contributed by atoms with Crippen LogP contribution < -0.4 is 5.32 Å². The van der Waals surface area contributed by atoms with Gasteiger partial charge in [-0.1, -0.05) is 33.1 Å². The number of rotatable bonds is 6. The van der Waals surface area contributed by atoms with Gasteiger partial charge in [0, 0.05) is 0 Å². The number of hydrogen-bond acceptors (Lipinski definition) is 2. The smallest absolute Gasteiger partial charge is 0.109 e. The van der Waals surface area contributed by atoms with Crippen LogP contribution in [0.25, 0.3) is 0 Å². The fourth-order valence-corrected chi connectivity index (χ4v) is 3.52. The minimum Gasteiger partial charge on any atom is -0.497 e. The first-order chi connectivity index (χ1) is 9.35. The van der Waals surface area contributed by atoms with Gasteiger partial charge in [-0.15, -0.1) is 0 Å². The van der Waals surface area contributed by atoms with Gasteiger partial charge in [-0.3, -0.25) is 0 Å². The van der Waals surface area contributed by atoms with Crippen molar-refractivity contribution in [2.24, 2.45) is 11.8 Å². The summed E-state index contributed by atoms with van der Waals surface area (Å²) in [6, 6.07) is 0.484. The molecule has 0 spiro atoms. The molecule has 1 aliphatic heterocycles. The third kappa shape index (κ3) is 4.24. The minimum atomic E-state index is 0.484. The van der Waals surface area contributed by atoms with E-state index in [4.69, 9.17) is 4.74 Å². The first-order valence-electron chi connectivity index (χ1n) is 8.41. The van der Waals surface area contributed by atoms with E-state index in [0.717, 1.165) is 25.0 Å². The van der Waals surface area contributed by atoms with E-state index in [1.54, 1.807) is 0 Å². The third-order valence-electron chi connectivity index (χ3n) is 4.82. The Hall–Kier alpha value is -0.500. The van der Waals surface area contributed by atoms with E-state index in [-0.39, 0.29) is 0 Å². The van der Waals surface area contributed by atoms with Crippen molar-refractivity contribution in [3.63, 3.8) is 0 Å². The van der Waals surface area contributed by atoms with Crippen LogP contribution in [0.4, 0.5) is 0 Å². The van der Waals surface area contributed by atoms with Gasteiger partial charge in [0.15, 0.2) is 0 Å². The Bertz CT molecular complexity index is 279. The molecule has 2 heteroatoms. The second-order valence-electron chi connectivity index (χ2n) is 6.22. The summed E-state index contributed by atoms with van der Waals surface area (Å²) in [6.07, 6.45) is 12.9. The van der Waals surface area contributed by atoms with Gasteiger partial charge in [0.2, 0.25) is 0 Å². The van der Waals surface area contributed by atoms with E-state index >= 15 is 0 Å². The van der Waals surface area contributed by atoms with Crippen LogP contribution in [-0.4, -0.2) is 19.2 Å². The molecular formula is C17H31NO. The third-order valence-corrected chi connectivity index (χ3v) is 4.82. The van der Waals surface area contributed by atoms with Gasteiger partial charge in [0.05, 0.1) is 12.6 Å². The van der Waals surface area contributed by atoms with Crippen molar-refractivity contribution >= 4 is 0 Å². The minimum absolute atomic E-state index is 0.484. The van der Waals surface area contributed by atoms with Crippen LogP contribution in [0.2, 0.25) is 0 Å². The van der Waals surface area contributed by atoms with Gasteiger partial charge in [-0.2, -0.15) is 0 Å². The fraction of sp³-hybridized carbons (Fsp3) is 0.882. The van der Waals surface area contributed by atoms with Gasteiger partial charge < -0.3 is 10.1 Å². The molecule has 1 aliphatic carbocycles. The van der Waals surface area contributed by atoms with Crippen LogP contribution in [-0.2, 0) is 4.74 Å². The molecule has 1 atom stereocenters. The lowest BCUT2D eigenvalue weighted by Crippen LogP contribution is -2.41. The van der Waals surface area contributed by atoms with E-state index in [1.807, 2.05) is 0 Å². The summed E-state index contributed by atoms with van der Waals surface area (Å²) < 4.78 is 5.94. The lowest BCUT2D eigenvalue weighted by atomic mass is 9.77. The van der Waals surface area contributed by atoms with E-state index in [0.29, 0.717) is 6.04 Å². The standard InChI is InChI=1S/C17H31NO/c1-3-12-18-17(16-7-5-6-13-19-16)15-10-8-14(4-2)9-11-15/h7,14-15,17-18H,3-6,8-13H2,1-2H3. The molecule has 0 bridgehead atoms. The molecule has 1 unspecified atom stereocenters. The summed E-state index contributed by atoms with van der Waals surface area (Å²) in [4.78, 5) is 0. The molecule has 0 saturated heterocycles. The topological polar surface area (TPSA) is 21.3 Å². The van der Waals surface area contributed by atoms with Gasteiger partial charge in [0.1, 0.15) is 5.76 Å².